The molecule has 4 heterocycles. The van der Waals surface area contributed by atoms with Gasteiger partial charge in [0.25, 0.3) is 0 Å². The van der Waals surface area contributed by atoms with Gasteiger partial charge in [-0.15, -0.1) is 11.3 Å². The number of hydrogen-bond donors (Lipinski definition) is 2. The highest BCUT2D eigenvalue weighted by Gasteiger charge is 2.26. The minimum Gasteiger partial charge on any atom is -0.497 e. The lowest BCUT2D eigenvalue weighted by atomic mass is 9.97. The van der Waals surface area contributed by atoms with Crippen LogP contribution in [0.4, 0.5) is 5.95 Å². The number of aromatic nitrogens is 5. The van der Waals surface area contributed by atoms with Crippen molar-refractivity contribution < 1.29 is 14.2 Å². The van der Waals surface area contributed by atoms with E-state index in [-0.39, 0.29) is 11.9 Å². The molecular weight excluding hydrogens is 464 g/mol. The molecule has 3 aromatic heterocycles. The molecule has 0 saturated heterocycles. The summed E-state index contributed by atoms with van der Waals surface area (Å²) in [4.78, 5) is 20.5. The summed E-state index contributed by atoms with van der Waals surface area (Å²) in [7, 11) is 1.67. The van der Waals surface area contributed by atoms with Gasteiger partial charge in [0, 0.05) is 17.7 Å². The summed E-state index contributed by atoms with van der Waals surface area (Å²) in [6.07, 6.45) is 5.84. The molecule has 2 aromatic carbocycles. The quantitative estimate of drug-likeness (QED) is 0.363. The Bertz CT molecular complexity index is 1500. The van der Waals surface area contributed by atoms with Crippen LogP contribution in [0.1, 0.15) is 22.2 Å². The third-order valence-electron chi connectivity index (χ3n) is 5.91. The van der Waals surface area contributed by atoms with E-state index in [0.717, 1.165) is 55.7 Å². The minimum absolute atomic E-state index is 0.130. The number of nitrogens with one attached hydrogen (secondary N) is 1. The topological polar surface area (TPSA) is 121 Å². The molecule has 0 fully saturated rings. The molecule has 6 rings (SSSR count). The molecule has 0 bridgehead atoms. The first-order valence-corrected chi connectivity index (χ1v) is 11.9. The molecule has 1 unspecified atom stereocenters. The summed E-state index contributed by atoms with van der Waals surface area (Å²) in [5, 5.41) is 0.999. The lowest BCUT2D eigenvalue weighted by molar-refractivity contribution is 0.261. The number of nitrogen functional groups attached to an aromatic ring is 1. The second-order valence-corrected chi connectivity index (χ2v) is 9.29. The summed E-state index contributed by atoms with van der Waals surface area (Å²) < 4.78 is 18.7. The molecule has 1 aliphatic rings. The van der Waals surface area contributed by atoms with Crippen molar-refractivity contribution in [2.75, 3.05) is 19.5 Å². The zero-order valence-corrected chi connectivity index (χ0v) is 19.7. The van der Waals surface area contributed by atoms with Gasteiger partial charge >= 0.3 is 0 Å². The molecule has 0 spiro atoms. The fourth-order valence-corrected chi connectivity index (χ4v) is 5.27. The smallest absolute Gasteiger partial charge is 0.220 e. The summed E-state index contributed by atoms with van der Waals surface area (Å²) in [5.41, 5.74) is 10.2. The van der Waals surface area contributed by atoms with E-state index in [1.54, 1.807) is 37.2 Å². The van der Waals surface area contributed by atoms with Crippen molar-refractivity contribution in [3.05, 3.63) is 71.4 Å². The van der Waals surface area contributed by atoms with Crippen LogP contribution < -0.4 is 19.9 Å². The Labute approximate surface area is 205 Å². The van der Waals surface area contributed by atoms with Crippen molar-refractivity contribution in [1.82, 2.24) is 24.9 Å². The Morgan fingerprint density at radius 2 is 2.14 bits per heavy atom. The average molecular weight is 487 g/mol. The number of rotatable bonds is 6. The van der Waals surface area contributed by atoms with E-state index in [4.69, 9.17) is 24.9 Å². The van der Waals surface area contributed by atoms with Crippen LogP contribution in [0, 0.1) is 0 Å². The highest BCUT2D eigenvalue weighted by atomic mass is 32.1. The lowest BCUT2D eigenvalue weighted by Crippen LogP contribution is -2.19. The number of hydrogen-bond acceptors (Lipinski definition) is 9. The number of fused-ring (bicyclic) bond motifs is 2. The number of methoxy groups -OCH3 is 1. The van der Waals surface area contributed by atoms with Gasteiger partial charge < -0.3 is 24.9 Å². The number of anilines is 1. The minimum atomic E-state index is 0.130. The monoisotopic (exact) mass is 486 g/mol. The van der Waals surface area contributed by atoms with Gasteiger partial charge in [-0.25, -0.2) is 19.9 Å². The van der Waals surface area contributed by atoms with Crippen molar-refractivity contribution in [2.45, 2.75) is 18.9 Å². The third kappa shape index (κ3) is 4.24. The van der Waals surface area contributed by atoms with Crippen LogP contribution >= 0.6 is 11.3 Å². The molecule has 0 amide bonds. The molecule has 176 valence electrons. The Morgan fingerprint density at radius 3 is 2.97 bits per heavy atom. The van der Waals surface area contributed by atoms with E-state index in [1.165, 1.54) is 0 Å². The predicted molar refractivity (Wildman–Crippen MR) is 133 cm³/mol. The van der Waals surface area contributed by atoms with Crippen LogP contribution in [0.2, 0.25) is 0 Å². The Kier molecular flexibility index (Phi) is 5.42. The molecule has 9 nitrogen and oxygen atoms in total. The number of nitrogens with zero attached hydrogens (tertiary/aromatic N) is 4. The molecule has 0 aliphatic carbocycles. The highest BCUT2D eigenvalue weighted by molar-refractivity contribution is 7.18. The Morgan fingerprint density at radius 1 is 1.20 bits per heavy atom. The maximum atomic E-state index is 6.19. The summed E-state index contributed by atoms with van der Waals surface area (Å²) >= 11 is 1.64. The zero-order valence-electron chi connectivity index (χ0n) is 18.9. The standard InChI is InChI=1S/C25H22N6O3S/c1-32-18-2-3-20-15(7-18)6-16(11-33-20)24-31-23-21(34-12-17-10-27-13-29-17)8-14(9-22(23)35-24)19-4-5-28-25(26)30-19/h2-5,7-10,13,16H,6,11-12H2,1H3,(H,27,29)(H2,26,28,30). The number of benzene rings is 2. The summed E-state index contributed by atoms with van der Waals surface area (Å²) in [6, 6.07) is 11.8. The third-order valence-corrected chi connectivity index (χ3v) is 7.07. The molecular formula is C25H22N6O3S. The maximum absolute atomic E-state index is 6.19. The van der Waals surface area contributed by atoms with Gasteiger partial charge in [0.05, 0.1) is 42.3 Å². The SMILES string of the molecule is COc1ccc2c(c1)CC(c1nc3c(OCc4cnc[nH]4)cc(-c4ccnc(N)n4)cc3s1)CO2. The van der Waals surface area contributed by atoms with E-state index in [0.29, 0.717) is 19.0 Å². The van der Waals surface area contributed by atoms with Crippen LogP contribution in [0.25, 0.3) is 21.5 Å². The van der Waals surface area contributed by atoms with Gasteiger partial charge in [-0.05, 0) is 48.4 Å². The average Bonchev–Trinajstić information content (AvgIpc) is 3.56. The number of thiazole rings is 1. The van der Waals surface area contributed by atoms with E-state index in [9.17, 15) is 0 Å². The largest absolute Gasteiger partial charge is 0.497 e. The maximum Gasteiger partial charge on any atom is 0.220 e. The van der Waals surface area contributed by atoms with Gasteiger partial charge in [0.1, 0.15) is 34.4 Å². The van der Waals surface area contributed by atoms with Crippen LogP contribution in [0.5, 0.6) is 17.2 Å². The van der Waals surface area contributed by atoms with Crippen molar-refractivity contribution in [1.29, 1.82) is 0 Å². The molecule has 35 heavy (non-hydrogen) atoms. The number of ether oxygens (including phenoxy) is 3. The molecule has 10 heteroatoms. The van der Waals surface area contributed by atoms with Crippen LogP contribution in [-0.2, 0) is 13.0 Å². The molecule has 3 N–H and O–H groups in total. The van der Waals surface area contributed by atoms with Crippen molar-refractivity contribution in [2.24, 2.45) is 0 Å². The van der Waals surface area contributed by atoms with Crippen LogP contribution in [0.3, 0.4) is 0 Å². The van der Waals surface area contributed by atoms with Crippen LogP contribution in [-0.4, -0.2) is 38.6 Å². The number of H-pyrrole nitrogens is 1. The normalized spacial score (nSPS) is 14.9. The van der Waals surface area contributed by atoms with Gasteiger partial charge in [0.2, 0.25) is 5.95 Å². The van der Waals surface area contributed by atoms with Gasteiger partial charge in [0.15, 0.2) is 0 Å². The second kappa shape index (κ2) is 8.88. The Balaban J connectivity index is 1.38. The number of nitrogens with two attached hydrogens (primary N) is 1. The zero-order chi connectivity index (χ0) is 23.8. The van der Waals surface area contributed by atoms with Crippen molar-refractivity contribution >= 4 is 27.5 Å². The first kappa shape index (κ1) is 21.4. The molecule has 1 atom stereocenters. The molecule has 0 radical (unpaired) electrons. The van der Waals surface area contributed by atoms with Crippen molar-refractivity contribution in [3.63, 3.8) is 0 Å². The molecule has 5 aromatic rings. The second-order valence-electron chi connectivity index (χ2n) is 8.22. The van der Waals surface area contributed by atoms with Gasteiger partial charge in [-0.2, -0.15) is 0 Å². The van der Waals surface area contributed by atoms with Crippen LogP contribution in [0.15, 0.2) is 55.1 Å². The van der Waals surface area contributed by atoms with Gasteiger partial charge in [-0.3, -0.25) is 0 Å². The van der Waals surface area contributed by atoms with E-state index < -0.39 is 0 Å². The van der Waals surface area contributed by atoms with E-state index in [2.05, 4.69) is 26.0 Å². The predicted octanol–water partition coefficient (Wildman–Crippen LogP) is 4.36. The summed E-state index contributed by atoms with van der Waals surface area (Å²) in [6.45, 7) is 0.913. The molecule has 1 aliphatic heterocycles. The fraction of sp³-hybridized carbons (Fsp3) is 0.200. The Hall–Kier alpha value is -4.18. The van der Waals surface area contributed by atoms with E-state index >= 15 is 0 Å². The molecule has 0 saturated carbocycles. The fourth-order valence-electron chi connectivity index (χ4n) is 4.16. The first-order valence-electron chi connectivity index (χ1n) is 11.1. The number of aromatic amines is 1. The first-order chi connectivity index (χ1) is 17.2. The van der Waals surface area contributed by atoms with Crippen molar-refractivity contribution in [3.8, 4) is 28.5 Å². The number of imidazole rings is 1. The van der Waals surface area contributed by atoms with E-state index in [1.807, 2.05) is 30.3 Å². The van der Waals surface area contributed by atoms with Gasteiger partial charge in [-0.1, -0.05) is 0 Å². The highest BCUT2D eigenvalue weighted by Crippen LogP contribution is 2.40. The summed E-state index contributed by atoms with van der Waals surface area (Å²) in [5.74, 6) is 2.74. The lowest BCUT2D eigenvalue weighted by Gasteiger charge is -2.24.